The number of sulfone groups is 1. The number of benzene rings is 1. The minimum Gasteiger partial charge on any atom is -0.490 e. The molecular weight excluding hydrogens is 406 g/mol. The number of amides is 1. The lowest BCUT2D eigenvalue weighted by atomic mass is 9.98. The Balaban J connectivity index is 1.49. The lowest BCUT2D eigenvalue weighted by Crippen LogP contribution is -2.40. The molecule has 0 N–H and O–H groups in total. The van der Waals surface area contributed by atoms with Crippen molar-refractivity contribution < 1.29 is 22.7 Å². The first kappa shape index (κ1) is 22.0. The molecule has 0 saturated carbocycles. The predicted octanol–water partition coefficient (Wildman–Crippen LogP) is 3.18. The van der Waals surface area contributed by atoms with Crippen LogP contribution in [0.15, 0.2) is 41.6 Å². The third-order valence-corrected chi connectivity index (χ3v) is 5.99. The standard InChI is InChI=1S/C21H27N3O5S/c1-15(2)29-21(25)24-10-8-16(9-11-24)14-28-18-12-22-20(23-13-18)17-4-6-19(7-5-17)30(3,26)27/h4-7,12-13,15-16H,8-11,14H2,1-3H3. The molecule has 30 heavy (non-hydrogen) atoms. The van der Waals surface area contributed by atoms with Crippen LogP contribution in [0.3, 0.4) is 0 Å². The molecule has 2 heterocycles. The summed E-state index contributed by atoms with van der Waals surface area (Å²) in [6.07, 6.45) is 5.75. The van der Waals surface area contributed by atoms with Gasteiger partial charge in [0.05, 0.1) is 30.0 Å². The maximum absolute atomic E-state index is 11.9. The summed E-state index contributed by atoms with van der Waals surface area (Å²) in [5.74, 6) is 1.43. The van der Waals surface area contributed by atoms with Crippen LogP contribution >= 0.6 is 0 Å². The van der Waals surface area contributed by atoms with E-state index in [4.69, 9.17) is 9.47 Å². The molecule has 2 aromatic rings. The molecule has 8 nitrogen and oxygen atoms in total. The van der Waals surface area contributed by atoms with E-state index in [0.29, 0.717) is 37.2 Å². The summed E-state index contributed by atoms with van der Waals surface area (Å²) in [4.78, 5) is 22.6. The molecule has 1 aliphatic rings. The molecule has 1 fully saturated rings. The van der Waals surface area contributed by atoms with Crippen molar-refractivity contribution in [2.24, 2.45) is 5.92 Å². The lowest BCUT2D eigenvalue weighted by molar-refractivity contribution is 0.0608. The van der Waals surface area contributed by atoms with Gasteiger partial charge in [-0.15, -0.1) is 0 Å². The SMILES string of the molecule is CC(C)OC(=O)N1CCC(COc2cnc(-c3ccc(S(C)(=O)=O)cc3)nc2)CC1. The normalized spacial score (nSPS) is 15.3. The van der Waals surface area contributed by atoms with Crippen LogP contribution in [0.4, 0.5) is 4.79 Å². The van der Waals surface area contributed by atoms with Crippen LogP contribution in [0.25, 0.3) is 11.4 Å². The summed E-state index contributed by atoms with van der Waals surface area (Å²) in [5.41, 5.74) is 0.731. The smallest absolute Gasteiger partial charge is 0.410 e. The molecule has 0 unspecified atom stereocenters. The van der Waals surface area contributed by atoms with Gasteiger partial charge in [0.1, 0.15) is 0 Å². The molecule has 1 aromatic carbocycles. The fourth-order valence-electron chi connectivity index (χ4n) is 3.16. The number of aromatic nitrogens is 2. The molecule has 0 aliphatic carbocycles. The minimum atomic E-state index is -3.23. The van der Waals surface area contributed by atoms with Gasteiger partial charge < -0.3 is 14.4 Å². The molecule has 1 amide bonds. The highest BCUT2D eigenvalue weighted by Crippen LogP contribution is 2.22. The Hall–Kier alpha value is -2.68. The zero-order valence-electron chi connectivity index (χ0n) is 17.4. The first-order valence-corrected chi connectivity index (χ1v) is 11.8. The summed E-state index contributed by atoms with van der Waals surface area (Å²) < 4.78 is 34.2. The van der Waals surface area contributed by atoms with Crippen molar-refractivity contribution in [3.05, 3.63) is 36.7 Å². The number of hydrogen-bond acceptors (Lipinski definition) is 7. The number of rotatable bonds is 6. The van der Waals surface area contributed by atoms with Gasteiger partial charge in [-0.25, -0.2) is 23.2 Å². The van der Waals surface area contributed by atoms with Gasteiger partial charge in [-0.05, 0) is 56.9 Å². The molecular formula is C21H27N3O5S. The van der Waals surface area contributed by atoms with E-state index in [0.717, 1.165) is 18.4 Å². The molecule has 162 valence electrons. The summed E-state index contributed by atoms with van der Waals surface area (Å²) in [5, 5.41) is 0. The number of carbonyl (C=O) groups is 1. The topological polar surface area (TPSA) is 98.7 Å². The highest BCUT2D eigenvalue weighted by atomic mass is 32.2. The first-order chi connectivity index (χ1) is 14.2. The number of likely N-dealkylation sites (tertiary alicyclic amines) is 1. The maximum atomic E-state index is 11.9. The van der Waals surface area contributed by atoms with Crippen LogP contribution in [-0.2, 0) is 14.6 Å². The Bertz CT molecular complexity index is 951. The van der Waals surface area contributed by atoms with E-state index in [2.05, 4.69) is 9.97 Å². The average molecular weight is 434 g/mol. The summed E-state index contributed by atoms with van der Waals surface area (Å²) in [6, 6.07) is 6.46. The van der Waals surface area contributed by atoms with Gasteiger partial charge in [0.15, 0.2) is 21.4 Å². The quantitative estimate of drug-likeness (QED) is 0.690. The van der Waals surface area contributed by atoms with E-state index >= 15 is 0 Å². The van der Waals surface area contributed by atoms with Gasteiger partial charge >= 0.3 is 6.09 Å². The predicted molar refractivity (Wildman–Crippen MR) is 112 cm³/mol. The second kappa shape index (κ2) is 9.42. The second-order valence-electron chi connectivity index (χ2n) is 7.71. The zero-order valence-corrected chi connectivity index (χ0v) is 18.3. The number of ether oxygens (including phenoxy) is 2. The number of piperidine rings is 1. The maximum Gasteiger partial charge on any atom is 0.410 e. The average Bonchev–Trinajstić information content (AvgIpc) is 2.72. The zero-order chi connectivity index (χ0) is 21.7. The van der Waals surface area contributed by atoms with Gasteiger partial charge in [0.25, 0.3) is 0 Å². The third-order valence-electron chi connectivity index (χ3n) is 4.86. The lowest BCUT2D eigenvalue weighted by Gasteiger charge is -2.31. The Morgan fingerprint density at radius 2 is 1.73 bits per heavy atom. The van der Waals surface area contributed by atoms with Crippen molar-refractivity contribution in [1.29, 1.82) is 0 Å². The van der Waals surface area contributed by atoms with E-state index in [1.807, 2.05) is 13.8 Å². The Morgan fingerprint density at radius 3 is 2.27 bits per heavy atom. The fourth-order valence-corrected chi connectivity index (χ4v) is 3.79. The Labute approximate surface area is 177 Å². The molecule has 0 bridgehead atoms. The molecule has 0 spiro atoms. The fraction of sp³-hybridized carbons (Fsp3) is 0.476. The van der Waals surface area contributed by atoms with Gasteiger partial charge in [0.2, 0.25) is 0 Å². The minimum absolute atomic E-state index is 0.112. The number of hydrogen-bond donors (Lipinski definition) is 0. The highest BCUT2D eigenvalue weighted by molar-refractivity contribution is 7.90. The van der Waals surface area contributed by atoms with Crippen LogP contribution in [-0.4, -0.2) is 61.4 Å². The summed E-state index contributed by atoms with van der Waals surface area (Å²) >= 11 is 0. The third kappa shape index (κ3) is 5.91. The Kier molecular flexibility index (Phi) is 6.91. The van der Waals surface area contributed by atoms with E-state index < -0.39 is 9.84 Å². The van der Waals surface area contributed by atoms with Crippen molar-refractivity contribution in [3.8, 4) is 17.1 Å². The molecule has 3 rings (SSSR count). The van der Waals surface area contributed by atoms with Gasteiger partial charge in [0, 0.05) is 24.9 Å². The van der Waals surface area contributed by atoms with Crippen LogP contribution in [0.1, 0.15) is 26.7 Å². The molecule has 1 aliphatic heterocycles. The van der Waals surface area contributed by atoms with E-state index in [9.17, 15) is 13.2 Å². The highest BCUT2D eigenvalue weighted by Gasteiger charge is 2.24. The number of nitrogens with zero attached hydrogens (tertiary/aromatic N) is 3. The molecule has 0 radical (unpaired) electrons. The van der Waals surface area contributed by atoms with Crippen molar-refractivity contribution in [1.82, 2.24) is 14.9 Å². The molecule has 9 heteroatoms. The number of carbonyl (C=O) groups excluding carboxylic acids is 1. The van der Waals surface area contributed by atoms with Crippen LogP contribution < -0.4 is 4.74 Å². The summed E-state index contributed by atoms with van der Waals surface area (Å²) in [7, 11) is -3.23. The van der Waals surface area contributed by atoms with Crippen LogP contribution in [0.2, 0.25) is 0 Å². The second-order valence-corrected chi connectivity index (χ2v) is 9.73. The van der Waals surface area contributed by atoms with Crippen molar-refractivity contribution in [3.63, 3.8) is 0 Å². The largest absolute Gasteiger partial charge is 0.490 e. The van der Waals surface area contributed by atoms with Crippen LogP contribution in [0.5, 0.6) is 5.75 Å². The van der Waals surface area contributed by atoms with Gasteiger partial charge in [-0.2, -0.15) is 0 Å². The molecule has 0 atom stereocenters. The Morgan fingerprint density at radius 1 is 1.13 bits per heavy atom. The monoisotopic (exact) mass is 433 g/mol. The van der Waals surface area contributed by atoms with Crippen LogP contribution in [0, 0.1) is 5.92 Å². The molecule has 1 saturated heterocycles. The van der Waals surface area contributed by atoms with Gasteiger partial charge in [-0.1, -0.05) is 0 Å². The molecule has 1 aromatic heterocycles. The van der Waals surface area contributed by atoms with Gasteiger partial charge in [-0.3, -0.25) is 0 Å². The van der Waals surface area contributed by atoms with E-state index in [-0.39, 0.29) is 17.1 Å². The van der Waals surface area contributed by atoms with E-state index in [1.54, 1.807) is 41.6 Å². The van der Waals surface area contributed by atoms with Crippen molar-refractivity contribution in [2.45, 2.75) is 37.7 Å². The van der Waals surface area contributed by atoms with Crippen molar-refractivity contribution in [2.75, 3.05) is 26.0 Å². The van der Waals surface area contributed by atoms with E-state index in [1.165, 1.54) is 6.26 Å². The first-order valence-electron chi connectivity index (χ1n) is 9.93. The van der Waals surface area contributed by atoms with Crippen molar-refractivity contribution >= 4 is 15.9 Å². The summed E-state index contributed by atoms with van der Waals surface area (Å²) in [6.45, 7) is 5.56.